The van der Waals surface area contributed by atoms with Crippen molar-refractivity contribution in [2.24, 2.45) is 11.8 Å². The molecule has 1 aliphatic rings. The zero-order valence-electron chi connectivity index (χ0n) is 24.1. The molecular weight excluding hydrogens is 597 g/mol. The van der Waals surface area contributed by atoms with Crippen LogP contribution in [0.1, 0.15) is 50.2 Å². The Bertz CT molecular complexity index is 1410. The minimum atomic E-state index is -2.42. The highest BCUT2D eigenvalue weighted by Gasteiger charge is 2.39. The number of halogens is 5. The summed E-state index contributed by atoms with van der Waals surface area (Å²) in [4.78, 5) is 56.5. The number of pyridine rings is 1. The maximum Gasteiger partial charge on any atom is 0.274 e. The molecular formula is C28H32F5N5O6. The Kier molecular flexibility index (Phi) is 10.8. The topological polar surface area (TPSA) is 170 Å². The van der Waals surface area contributed by atoms with E-state index in [1.165, 1.54) is 26.1 Å². The first-order valence-corrected chi connectivity index (χ1v) is 13.6. The fourth-order valence-corrected chi connectivity index (χ4v) is 4.70. The molecule has 0 spiro atoms. The molecule has 44 heavy (non-hydrogen) atoms. The van der Waals surface area contributed by atoms with Gasteiger partial charge >= 0.3 is 0 Å². The quantitative estimate of drug-likeness (QED) is 0.159. The second-order valence-corrected chi connectivity index (χ2v) is 11.0. The molecule has 0 radical (unpaired) electrons. The van der Waals surface area contributed by atoms with Gasteiger partial charge in [0.1, 0.15) is 17.8 Å². The summed E-state index contributed by atoms with van der Waals surface area (Å²) >= 11 is 0. The van der Waals surface area contributed by atoms with Gasteiger partial charge in [-0.05, 0) is 31.4 Å². The van der Waals surface area contributed by atoms with E-state index >= 15 is 0 Å². The van der Waals surface area contributed by atoms with Gasteiger partial charge in [0, 0.05) is 18.2 Å². The Balaban J connectivity index is 2.10. The van der Waals surface area contributed by atoms with Crippen LogP contribution in [0.15, 0.2) is 18.3 Å². The lowest BCUT2D eigenvalue weighted by molar-refractivity contribution is -0.136. The van der Waals surface area contributed by atoms with Gasteiger partial charge in [-0.2, -0.15) is 0 Å². The van der Waals surface area contributed by atoms with Crippen LogP contribution in [-0.2, 0) is 20.8 Å². The van der Waals surface area contributed by atoms with Crippen LogP contribution in [0.5, 0.6) is 5.75 Å². The van der Waals surface area contributed by atoms with E-state index in [1.807, 2.05) is 0 Å². The van der Waals surface area contributed by atoms with Gasteiger partial charge in [-0.25, -0.2) is 26.9 Å². The number of aromatic hydroxyl groups is 1. The summed E-state index contributed by atoms with van der Waals surface area (Å²) in [6.07, 6.45) is -1.89. The number of aromatic nitrogens is 1. The number of nitrogens with one attached hydrogen (secondary N) is 4. The molecule has 1 unspecified atom stereocenters. The molecule has 1 aromatic heterocycles. The molecule has 0 saturated carbocycles. The number of benzene rings is 1. The van der Waals surface area contributed by atoms with Crippen LogP contribution in [0.25, 0.3) is 0 Å². The summed E-state index contributed by atoms with van der Waals surface area (Å²) in [6.45, 7) is 5.98. The fourth-order valence-electron chi connectivity index (χ4n) is 4.70. The van der Waals surface area contributed by atoms with Crippen molar-refractivity contribution < 1.29 is 51.3 Å². The molecule has 2 heterocycles. The molecule has 0 aliphatic carbocycles. The number of nitrogens with zero attached hydrogens (tertiary/aromatic N) is 1. The number of carbonyl (C=O) groups excluding carboxylic acids is 4. The van der Waals surface area contributed by atoms with E-state index in [1.54, 1.807) is 13.8 Å². The summed E-state index contributed by atoms with van der Waals surface area (Å²) in [6, 6.07) is -3.54. The molecule has 16 heteroatoms. The molecule has 1 aromatic carbocycles. The Labute approximate surface area is 248 Å². The smallest absolute Gasteiger partial charge is 0.274 e. The third kappa shape index (κ3) is 7.41. The summed E-state index contributed by atoms with van der Waals surface area (Å²) in [7, 11) is 0. The summed E-state index contributed by atoms with van der Waals surface area (Å²) in [5.74, 6) is -17.4. The number of rotatable bonds is 6. The lowest BCUT2D eigenvalue weighted by Gasteiger charge is -2.34. The molecule has 2 aromatic rings. The highest BCUT2D eigenvalue weighted by Crippen LogP contribution is 2.26. The molecule has 1 fully saturated rings. The van der Waals surface area contributed by atoms with Crippen molar-refractivity contribution in [3.05, 3.63) is 58.7 Å². The van der Waals surface area contributed by atoms with Gasteiger partial charge in [0.05, 0.1) is 24.1 Å². The Morgan fingerprint density at radius 2 is 1.52 bits per heavy atom. The molecule has 0 bridgehead atoms. The highest BCUT2D eigenvalue weighted by molar-refractivity contribution is 5.98. The number of hydrogen-bond acceptors (Lipinski definition) is 7. The van der Waals surface area contributed by atoms with Gasteiger partial charge in [0.25, 0.3) is 5.91 Å². The van der Waals surface area contributed by atoms with Gasteiger partial charge < -0.3 is 31.5 Å². The van der Waals surface area contributed by atoms with E-state index in [4.69, 9.17) is 0 Å². The lowest BCUT2D eigenvalue weighted by atomic mass is 9.90. The molecule has 3 rings (SSSR count). The Morgan fingerprint density at radius 3 is 2.09 bits per heavy atom. The molecule has 6 N–H and O–H groups in total. The SMILES string of the molecule is CC(C)CC1NC(=O)[C@H](C)[C@H](O)[C@H](Cc2c(F)c(F)c(F)c(F)c2F)NC(=O)[C@@H](NC(=O)c2ncccc2O)[C@@H](C)NC1=O. The second-order valence-electron chi connectivity index (χ2n) is 11.0. The standard InChI is InChI=1S/C28H32F5N5O6/c1-10(2)8-15-26(42)35-12(4)22(38-28(44)23-16(39)6-5-7-34-23)27(43)36-14(24(40)11(3)25(41)37-15)9-13-17(29)19(31)21(33)20(32)18(13)30/h5-7,10-12,14-15,22,24,39-40H,8-9H2,1-4H3,(H,35,42)(H,36,43)(H,37,41)(H,38,44)/t11-,12-,14+,15?,22+,24+/m1/s1. The first-order chi connectivity index (χ1) is 20.5. The lowest BCUT2D eigenvalue weighted by Crippen LogP contribution is -2.64. The van der Waals surface area contributed by atoms with Crippen molar-refractivity contribution in [1.82, 2.24) is 26.3 Å². The van der Waals surface area contributed by atoms with Crippen LogP contribution in [0.3, 0.4) is 0 Å². The average Bonchev–Trinajstić information content (AvgIpc) is 2.97. The number of carbonyl (C=O) groups is 4. The zero-order chi connectivity index (χ0) is 33.0. The molecule has 1 saturated heterocycles. The number of hydrogen-bond donors (Lipinski definition) is 6. The summed E-state index contributed by atoms with van der Waals surface area (Å²) in [5.41, 5.74) is -1.87. The number of aliphatic hydroxyl groups excluding tert-OH is 1. The van der Waals surface area contributed by atoms with Gasteiger partial charge in [-0.15, -0.1) is 0 Å². The van der Waals surface area contributed by atoms with Crippen molar-refractivity contribution in [3.8, 4) is 5.75 Å². The zero-order valence-corrected chi connectivity index (χ0v) is 24.1. The molecule has 6 atom stereocenters. The first kappa shape index (κ1) is 34.2. The summed E-state index contributed by atoms with van der Waals surface area (Å²) in [5, 5.41) is 30.7. The number of aliphatic hydroxyl groups is 1. The van der Waals surface area contributed by atoms with Crippen molar-refractivity contribution in [1.29, 1.82) is 0 Å². The van der Waals surface area contributed by atoms with Crippen LogP contribution < -0.4 is 21.3 Å². The first-order valence-electron chi connectivity index (χ1n) is 13.6. The Morgan fingerprint density at radius 1 is 0.932 bits per heavy atom. The van der Waals surface area contributed by atoms with Gasteiger partial charge in [0.2, 0.25) is 23.5 Å². The van der Waals surface area contributed by atoms with Gasteiger partial charge in [-0.3, -0.25) is 19.2 Å². The van der Waals surface area contributed by atoms with Crippen LogP contribution in [0.2, 0.25) is 0 Å². The van der Waals surface area contributed by atoms with Crippen LogP contribution in [-0.4, -0.2) is 69.1 Å². The van der Waals surface area contributed by atoms with Crippen LogP contribution in [0.4, 0.5) is 22.0 Å². The van der Waals surface area contributed by atoms with E-state index in [0.717, 1.165) is 6.07 Å². The van der Waals surface area contributed by atoms with Gasteiger partial charge in [-0.1, -0.05) is 20.8 Å². The van der Waals surface area contributed by atoms with Gasteiger partial charge in [0.15, 0.2) is 29.0 Å². The summed E-state index contributed by atoms with van der Waals surface area (Å²) < 4.78 is 70.9. The van der Waals surface area contributed by atoms with Crippen molar-refractivity contribution in [2.45, 2.75) is 70.8 Å². The minimum absolute atomic E-state index is 0.103. The van der Waals surface area contributed by atoms with Crippen molar-refractivity contribution >= 4 is 23.6 Å². The third-order valence-electron chi connectivity index (χ3n) is 7.17. The van der Waals surface area contributed by atoms with Crippen LogP contribution >= 0.6 is 0 Å². The highest BCUT2D eigenvalue weighted by atomic mass is 19.2. The minimum Gasteiger partial charge on any atom is -0.505 e. The van der Waals surface area contributed by atoms with E-state index in [2.05, 4.69) is 26.3 Å². The molecule has 240 valence electrons. The largest absolute Gasteiger partial charge is 0.505 e. The number of amides is 4. The normalized spacial score (nSPS) is 24.9. The van der Waals surface area contributed by atoms with Crippen molar-refractivity contribution in [2.75, 3.05) is 0 Å². The molecule has 4 amide bonds. The maximum absolute atomic E-state index is 14.6. The van der Waals surface area contributed by atoms with Crippen molar-refractivity contribution in [3.63, 3.8) is 0 Å². The van der Waals surface area contributed by atoms with E-state index in [0.29, 0.717) is 0 Å². The van der Waals surface area contributed by atoms with E-state index < -0.39 is 112 Å². The van der Waals surface area contributed by atoms with E-state index in [9.17, 15) is 51.3 Å². The van der Waals surface area contributed by atoms with Crippen LogP contribution in [0, 0.1) is 40.9 Å². The second kappa shape index (κ2) is 14.0. The monoisotopic (exact) mass is 629 g/mol. The maximum atomic E-state index is 14.6. The Hall–Kier alpha value is -4.34. The molecule has 1 aliphatic heterocycles. The third-order valence-corrected chi connectivity index (χ3v) is 7.17. The average molecular weight is 630 g/mol. The van der Waals surface area contributed by atoms with E-state index in [-0.39, 0.29) is 12.3 Å². The predicted molar refractivity (Wildman–Crippen MR) is 143 cm³/mol. The fraction of sp³-hybridized carbons (Fsp3) is 0.464. The predicted octanol–water partition coefficient (Wildman–Crippen LogP) is 1.35. The molecule has 11 nitrogen and oxygen atoms in total.